The number of halogens is 1. The van der Waals surface area contributed by atoms with E-state index < -0.39 is 5.60 Å². The molecule has 164 valence electrons. The second-order valence-corrected chi connectivity index (χ2v) is 8.41. The van der Waals surface area contributed by atoms with E-state index in [1.807, 2.05) is 27.7 Å². The van der Waals surface area contributed by atoms with Gasteiger partial charge in [0.15, 0.2) is 5.96 Å². The number of ether oxygens (including phenoxy) is 1. The standard InChI is InChI=1S/C19H37N5O3.HI/c1-5-20-17(21-9-6-10-23-11-7-16(25)8-12-23)22-15-13-24(14-15)18(26)27-19(2,3)4;/h15-16,25H,5-14H2,1-4H3,(H2,20,21,22);1H. The lowest BCUT2D eigenvalue weighted by molar-refractivity contribution is 0.00700. The van der Waals surface area contributed by atoms with Crippen LogP contribution in [0.25, 0.3) is 0 Å². The first-order valence-corrected chi connectivity index (χ1v) is 10.2. The van der Waals surface area contributed by atoms with Gasteiger partial charge in [-0.05, 0) is 53.5 Å². The third kappa shape index (κ3) is 9.13. The number of piperidine rings is 1. The molecule has 9 heteroatoms. The van der Waals surface area contributed by atoms with E-state index in [9.17, 15) is 9.90 Å². The van der Waals surface area contributed by atoms with Crippen LogP contribution in [0.15, 0.2) is 4.99 Å². The van der Waals surface area contributed by atoms with Crippen molar-refractivity contribution in [1.82, 2.24) is 20.4 Å². The van der Waals surface area contributed by atoms with E-state index in [0.717, 1.165) is 57.9 Å². The van der Waals surface area contributed by atoms with Crippen molar-refractivity contribution in [2.45, 2.75) is 64.7 Å². The van der Waals surface area contributed by atoms with Crippen LogP contribution in [0.4, 0.5) is 4.79 Å². The predicted molar refractivity (Wildman–Crippen MR) is 122 cm³/mol. The Balaban J connectivity index is 0.00000392. The molecule has 0 unspecified atom stereocenters. The highest BCUT2D eigenvalue weighted by atomic mass is 127. The minimum Gasteiger partial charge on any atom is -0.444 e. The quantitative estimate of drug-likeness (QED) is 0.218. The van der Waals surface area contributed by atoms with E-state index in [2.05, 4.69) is 20.5 Å². The number of aliphatic imine (C=N–C) groups is 1. The Morgan fingerprint density at radius 1 is 1.25 bits per heavy atom. The zero-order chi connectivity index (χ0) is 19.9. The highest BCUT2D eigenvalue weighted by molar-refractivity contribution is 14.0. The Morgan fingerprint density at radius 2 is 1.89 bits per heavy atom. The summed E-state index contributed by atoms with van der Waals surface area (Å²) in [5.74, 6) is 0.806. The van der Waals surface area contributed by atoms with Gasteiger partial charge in [0.2, 0.25) is 0 Å². The van der Waals surface area contributed by atoms with Crippen molar-refractivity contribution in [3.8, 4) is 0 Å². The number of nitrogens with one attached hydrogen (secondary N) is 2. The van der Waals surface area contributed by atoms with Crippen LogP contribution < -0.4 is 10.6 Å². The zero-order valence-corrected chi connectivity index (χ0v) is 20.1. The summed E-state index contributed by atoms with van der Waals surface area (Å²) in [5, 5.41) is 16.2. The molecule has 2 aliphatic rings. The Bertz CT molecular complexity index is 498. The summed E-state index contributed by atoms with van der Waals surface area (Å²) < 4.78 is 5.38. The minimum absolute atomic E-state index is 0. The van der Waals surface area contributed by atoms with Gasteiger partial charge in [-0.3, -0.25) is 4.99 Å². The predicted octanol–water partition coefficient (Wildman–Crippen LogP) is 1.63. The molecule has 2 fully saturated rings. The highest BCUT2D eigenvalue weighted by Gasteiger charge is 2.34. The number of hydrogen-bond donors (Lipinski definition) is 3. The summed E-state index contributed by atoms with van der Waals surface area (Å²) in [7, 11) is 0. The van der Waals surface area contributed by atoms with Gasteiger partial charge in [0.1, 0.15) is 5.60 Å². The van der Waals surface area contributed by atoms with Gasteiger partial charge >= 0.3 is 6.09 Å². The fraction of sp³-hybridized carbons (Fsp3) is 0.895. The molecule has 3 N–H and O–H groups in total. The molecule has 2 saturated heterocycles. The Labute approximate surface area is 186 Å². The van der Waals surface area contributed by atoms with Crippen LogP contribution in [0.5, 0.6) is 0 Å². The SMILES string of the molecule is CCNC(=NCCCN1CCC(O)CC1)NC1CN(C(=O)OC(C)(C)C)C1.I. The zero-order valence-electron chi connectivity index (χ0n) is 17.7. The molecule has 0 radical (unpaired) electrons. The Morgan fingerprint density at radius 3 is 2.46 bits per heavy atom. The number of rotatable bonds is 6. The minimum atomic E-state index is -0.460. The first-order valence-electron chi connectivity index (χ1n) is 10.2. The van der Waals surface area contributed by atoms with Crippen LogP contribution in [-0.4, -0.2) is 90.5 Å². The normalized spacial score (nSPS) is 19.6. The summed E-state index contributed by atoms with van der Waals surface area (Å²) in [4.78, 5) is 20.7. The molecule has 8 nitrogen and oxygen atoms in total. The molecule has 2 heterocycles. The fourth-order valence-electron chi connectivity index (χ4n) is 3.19. The van der Waals surface area contributed by atoms with E-state index in [1.165, 1.54) is 0 Å². The van der Waals surface area contributed by atoms with E-state index in [4.69, 9.17) is 4.74 Å². The monoisotopic (exact) mass is 511 g/mol. The molecule has 0 bridgehead atoms. The molecular weight excluding hydrogens is 473 g/mol. The maximum Gasteiger partial charge on any atom is 0.410 e. The average Bonchev–Trinajstić information content (AvgIpc) is 2.54. The lowest BCUT2D eigenvalue weighted by Crippen LogP contribution is -2.63. The third-order valence-electron chi connectivity index (χ3n) is 4.68. The maximum atomic E-state index is 12.0. The highest BCUT2D eigenvalue weighted by Crippen LogP contribution is 2.15. The van der Waals surface area contributed by atoms with Crippen LogP contribution in [0.1, 0.15) is 47.0 Å². The average molecular weight is 511 g/mol. The van der Waals surface area contributed by atoms with Crippen molar-refractivity contribution in [3.05, 3.63) is 0 Å². The van der Waals surface area contributed by atoms with Crippen molar-refractivity contribution in [3.63, 3.8) is 0 Å². The lowest BCUT2D eigenvalue weighted by atomic mass is 10.1. The number of aliphatic hydroxyl groups excluding tert-OH is 1. The van der Waals surface area contributed by atoms with Crippen molar-refractivity contribution in [1.29, 1.82) is 0 Å². The number of nitrogens with zero attached hydrogens (tertiary/aromatic N) is 3. The largest absolute Gasteiger partial charge is 0.444 e. The number of amides is 1. The number of guanidine groups is 1. The van der Waals surface area contributed by atoms with Crippen molar-refractivity contribution < 1.29 is 14.6 Å². The first kappa shape index (κ1) is 25.2. The fourth-order valence-corrected chi connectivity index (χ4v) is 3.19. The van der Waals surface area contributed by atoms with Crippen LogP contribution >= 0.6 is 24.0 Å². The molecule has 0 spiro atoms. The summed E-state index contributed by atoms with van der Waals surface area (Å²) in [6.45, 7) is 13.5. The number of hydrogen-bond acceptors (Lipinski definition) is 5. The molecule has 2 aliphatic heterocycles. The van der Waals surface area contributed by atoms with Gasteiger partial charge in [0.05, 0.1) is 12.1 Å². The number of aliphatic hydroxyl groups is 1. The van der Waals surface area contributed by atoms with Crippen LogP contribution in [0.3, 0.4) is 0 Å². The number of likely N-dealkylation sites (tertiary alicyclic amines) is 2. The van der Waals surface area contributed by atoms with Gasteiger partial charge in [-0.25, -0.2) is 4.79 Å². The van der Waals surface area contributed by atoms with Gasteiger partial charge in [-0.15, -0.1) is 24.0 Å². The maximum absolute atomic E-state index is 12.0. The molecular formula is C19H38IN5O3. The topological polar surface area (TPSA) is 89.4 Å². The molecule has 0 aromatic carbocycles. The molecule has 2 rings (SSSR count). The molecule has 0 aliphatic carbocycles. The number of carbonyl (C=O) groups excluding carboxylic acids is 1. The molecule has 0 saturated carbocycles. The molecule has 0 aromatic heterocycles. The van der Waals surface area contributed by atoms with Crippen molar-refractivity contribution in [2.24, 2.45) is 4.99 Å². The van der Waals surface area contributed by atoms with Gasteiger partial charge in [0, 0.05) is 39.3 Å². The summed E-state index contributed by atoms with van der Waals surface area (Å²) in [6.07, 6.45) is 2.38. The van der Waals surface area contributed by atoms with Gasteiger partial charge in [-0.2, -0.15) is 0 Å². The van der Waals surface area contributed by atoms with Crippen LogP contribution in [0, 0.1) is 0 Å². The van der Waals surface area contributed by atoms with Gasteiger partial charge < -0.3 is 30.3 Å². The molecule has 0 atom stereocenters. The van der Waals surface area contributed by atoms with E-state index >= 15 is 0 Å². The summed E-state index contributed by atoms with van der Waals surface area (Å²) in [5.41, 5.74) is -0.460. The van der Waals surface area contributed by atoms with Crippen molar-refractivity contribution in [2.75, 3.05) is 45.8 Å². The Kier molecular flexibility index (Phi) is 10.8. The third-order valence-corrected chi connectivity index (χ3v) is 4.68. The molecule has 28 heavy (non-hydrogen) atoms. The lowest BCUT2D eigenvalue weighted by Gasteiger charge is -2.40. The smallest absolute Gasteiger partial charge is 0.410 e. The van der Waals surface area contributed by atoms with E-state index in [0.29, 0.717) is 13.1 Å². The Hall–Kier alpha value is -0.810. The second-order valence-electron chi connectivity index (χ2n) is 8.41. The second kappa shape index (κ2) is 12.0. The summed E-state index contributed by atoms with van der Waals surface area (Å²) >= 11 is 0. The molecule has 1 amide bonds. The van der Waals surface area contributed by atoms with Gasteiger partial charge in [0.25, 0.3) is 0 Å². The first-order chi connectivity index (χ1) is 12.8. The summed E-state index contributed by atoms with van der Waals surface area (Å²) in [6, 6.07) is 0.207. The van der Waals surface area contributed by atoms with Crippen LogP contribution in [0.2, 0.25) is 0 Å². The van der Waals surface area contributed by atoms with Gasteiger partial charge in [-0.1, -0.05) is 0 Å². The van der Waals surface area contributed by atoms with E-state index in [-0.39, 0.29) is 42.2 Å². The number of carbonyl (C=O) groups is 1. The van der Waals surface area contributed by atoms with Crippen LogP contribution in [-0.2, 0) is 4.74 Å². The van der Waals surface area contributed by atoms with Crippen molar-refractivity contribution >= 4 is 36.0 Å². The molecule has 0 aromatic rings. The van der Waals surface area contributed by atoms with E-state index in [1.54, 1.807) is 4.90 Å².